The van der Waals surface area contributed by atoms with Gasteiger partial charge in [-0.1, -0.05) is 0 Å². The van der Waals surface area contributed by atoms with E-state index in [1.54, 1.807) is 0 Å². The Balaban J connectivity index is 2.00. The van der Waals surface area contributed by atoms with Crippen LogP contribution < -0.4 is 5.32 Å². The first-order valence-corrected chi connectivity index (χ1v) is 4.92. The SMILES string of the molecule is CN1CCOCC2(CNCCO2)C1. The minimum Gasteiger partial charge on any atom is -0.377 e. The highest BCUT2D eigenvalue weighted by molar-refractivity contribution is 4.90. The number of rotatable bonds is 0. The van der Waals surface area contributed by atoms with Crippen molar-refractivity contribution < 1.29 is 9.47 Å². The van der Waals surface area contributed by atoms with Gasteiger partial charge in [-0.25, -0.2) is 0 Å². The van der Waals surface area contributed by atoms with E-state index >= 15 is 0 Å². The number of hydrogen-bond acceptors (Lipinski definition) is 4. The lowest BCUT2D eigenvalue weighted by atomic mass is 10.0. The van der Waals surface area contributed by atoms with Crippen molar-refractivity contribution in [2.45, 2.75) is 5.60 Å². The monoisotopic (exact) mass is 186 g/mol. The van der Waals surface area contributed by atoms with Crippen LogP contribution in [-0.2, 0) is 9.47 Å². The van der Waals surface area contributed by atoms with Crippen molar-refractivity contribution in [3.05, 3.63) is 0 Å². The number of nitrogens with zero attached hydrogens (tertiary/aromatic N) is 1. The maximum Gasteiger partial charge on any atom is 0.116 e. The van der Waals surface area contributed by atoms with E-state index in [0.29, 0.717) is 0 Å². The summed E-state index contributed by atoms with van der Waals surface area (Å²) in [6.45, 7) is 6.21. The van der Waals surface area contributed by atoms with Crippen molar-refractivity contribution in [2.75, 3.05) is 53.0 Å². The highest BCUT2D eigenvalue weighted by Gasteiger charge is 2.36. The molecular formula is C9H18N2O2. The van der Waals surface area contributed by atoms with Crippen LogP contribution in [0.2, 0.25) is 0 Å². The van der Waals surface area contributed by atoms with Crippen LogP contribution in [0.3, 0.4) is 0 Å². The zero-order chi connectivity index (χ0) is 9.15. The topological polar surface area (TPSA) is 33.7 Å². The summed E-state index contributed by atoms with van der Waals surface area (Å²) in [6, 6.07) is 0. The Hall–Kier alpha value is -0.160. The predicted molar refractivity (Wildman–Crippen MR) is 49.9 cm³/mol. The van der Waals surface area contributed by atoms with Crippen molar-refractivity contribution in [2.24, 2.45) is 0 Å². The van der Waals surface area contributed by atoms with Crippen molar-refractivity contribution >= 4 is 0 Å². The molecule has 0 saturated carbocycles. The molecule has 0 aliphatic carbocycles. The molecule has 0 amide bonds. The minimum atomic E-state index is -0.0938. The van der Waals surface area contributed by atoms with Gasteiger partial charge in [0.2, 0.25) is 0 Å². The Labute approximate surface area is 79.2 Å². The molecule has 4 nitrogen and oxygen atoms in total. The molecule has 0 bridgehead atoms. The second kappa shape index (κ2) is 3.92. The highest BCUT2D eigenvalue weighted by Crippen LogP contribution is 2.17. The molecule has 2 aliphatic rings. The molecular weight excluding hydrogens is 168 g/mol. The van der Waals surface area contributed by atoms with E-state index in [2.05, 4.69) is 17.3 Å². The Morgan fingerprint density at radius 3 is 3.08 bits per heavy atom. The van der Waals surface area contributed by atoms with E-state index < -0.39 is 0 Å². The second-order valence-electron chi connectivity index (χ2n) is 4.00. The van der Waals surface area contributed by atoms with Crippen molar-refractivity contribution in [1.82, 2.24) is 10.2 Å². The van der Waals surface area contributed by atoms with E-state index in [1.807, 2.05) is 0 Å². The molecule has 4 heteroatoms. The number of likely N-dealkylation sites (N-methyl/N-ethyl adjacent to an activating group) is 1. The van der Waals surface area contributed by atoms with Gasteiger partial charge in [-0.05, 0) is 7.05 Å². The summed E-state index contributed by atoms with van der Waals surface area (Å²) in [4.78, 5) is 2.28. The Morgan fingerprint density at radius 2 is 2.31 bits per heavy atom. The van der Waals surface area contributed by atoms with Gasteiger partial charge in [0.05, 0.1) is 19.8 Å². The molecule has 1 N–H and O–H groups in total. The average molecular weight is 186 g/mol. The third-order valence-electron chi connectivity index (χ3n) is 2.67. The van der Waals surface area contributed by atoms with Gasteiger partial charge in [0.25, 0.3) is 0 Å². The molecule has 1 atom stereocenters. The van der Waals surface area contributed by atoms with E-state index in [-0.39, 0.29) is 5.60 Å². The summed E-state index contributed by atoms with van der Waals surface area (Å²) in [5.41, 5.74) is -0.0938. The summed E-state index contributed by atoms with van der Waals surface area (Å²) in [5, 5.41) is 3.36. The first-order valence-electron chi connectivity index (χ1n) is 4.92. The normalized spacial score (nSPS) is 37.6. The molecule has 0 radical (unpaired) electrons. The molecule has 1 unspecified atom stereocenters. The maximum atomic E-state index is 5.83. The molecule has 2 saturated heterocycles. The van der Waals surface area contributed by atoms with E-state index in [4.69, 9.17) is 9.47 Å². The van der Waals surface area contributed by atoms with Gasteiger partial charge in [-0.2, -0.15) is 0 Å². The summed E-state index contributed by atoms with van der Waals surface area (Å²) >= 11 is 0. The number of morpholine rings is 1. The van der Waals surface area contributed by atoms with Gasteiger partial charge in [-0.3, -0.25) is 0 Å². The quantitative estimate of drug-likeness (QED) is 0.543. The van der Waals surface area contributed by atoms with Crippen LogP contribution in [0, 0.1) is 0 Å². The summed E-state index contributed by atoms with van der Waals surface area (Å²) < 4.78 is 11.4. The van der Waals surface area contributed by atoms with E-state index in [9.17, 15) is 0 Å². The largest absolute Gasteiger partial charge is 0.377 e. The molecule has 1 spiro atoms. The van der Waals surface area contributed by atoms with Crippen LogP contribution in [0.1, 0.15) is 0 Å². The number of nitrogens with one attached hydrogen (secondary N) is 1. The van der Waals surface area contributed by atoms with Gasteiger partial charge < -0.3 is 19.7 Å². The number of hydrogen-bond donors (Lipinski definition) is 1. The Kier molecular flexibility index (Phi) is 2.83. The average Bonchev–Trinajstić information content (AvgIpc) is 2.29. The zero-order valence-corrected chi connectivity index (χ0v) is 8.21. The smallest absolute Gasteiger partial charge is 0.116 e. The van der Waals surface area contributed by atoms with Crippen LogP contribution in [-0.4, -0.2) is 63.5 Å². The maximum absolute atomic E-state index is 5.83. The van der Waals surface area contributed by atoms with Gasteiger partial charge in [0.1, 0.15) is 5.60 Å². The zero-order valence-electron chi connectivity index (χ0n) is 8.21. The van der Waals surface area contributed by atoms with Crippen LogP contribution in [0.5, 0.6) is 0 Å². The fraction of sp³-hybridized carbons (Fsp3) is 1.00. The third-order valence-corrected chi connectivity index (χ3v) is 2.67. The Morgan fingerprint density at radius 1 is 1.38 bits per heavy atom. The van der Waals surface area contributed by atoms with Crippen LogP contribution in [0.25, 0.3) is 0 Å². The molecule has 0 aromatic heterocycles. The fourth-order valence-corrected chi connectivity index (χ4v) is 2.00. The molecule has 2 heterocycles. The highest BCUT2D eigenvalue weighted by atomic mass is 16.5. The van der Waals surface area contributed by atoms with Gasteiger partial charge in [0, 0.05) is 26.2 Å². The lowest BCUT2D eigenvalue weighted by Gasteiger charge is -2.37. The van der Waals surface area contributed by atoms with Crippen molar-refractivity contribution in [3.8, 4) is 0 Å². The molecule has 2 fully saturated rings. The third kappa shape index (κ3) is 2.20. The van der Waals surface area contributed by atoms with Crippen LogP contribution in [0.15, 0.2) is 0 Å². The summed E-state index contributed by atoms with van der Waals surface area (Å²) in [6.07, 6.45) is 0. The van der Waals surface area contributed by atoms with Crippen molar-refractivity contribution in [1.29, 1.82) is 0 Å². The van der Waals surface area contributed by atoms with Gasteiger partial charge in [0.15, 0.2) is 0 Å². The van der Waals surface area contributed by atoms with E-state index in [1.165, 1.54) is 0 Å². The fourth-order valence-electron chi connectivity index (χ4n) is 2.00. The molecule has 13 heavy (non-hydrogen) atoms. The standard InChI is InChI=1S/C9H18N2O2/c1-11-3-5-12-8-9(7-11)6-10-2-4-13-9/h10H,2-8H2,1H3. The summed E-state index contributed by atoms with van der Waals surface area (Å²) in [5.74, 6) is 0. The van der Waals surface area contributed by atoms with Crippen molar-refractivity contribution in [3.63, 3.8) is 0 Å². The predicted octanol–water partition coefficient (Wildman–Crippen LogP) is -0.693. The van der Waals surface area contributed by atoms with Crippen LogP contribution >= 0.6 is 0 Å². The van der Waals surface area contributed by atoms with Gasteiger partial charge in [-0.15, -0.1) is 0 Å². The minimum absolute atomic E-state index is 0.0938. The molecule has 76 valence electrons. The number of ether oxygens (including phenoxy) is 2. The Bertz CT molecular complexity index is 169. The molecule has 0 aromatic rings. The lowest BCUT2D eigenvalue weighted by Crippen LogP contribution is -2.57. The van der Waals surface area contributed by atoms with E-state index in [0.717, 1.165) is 46.0 Å². The molecule has 0 aromatic carbocycles. The first-order chi connectivity index (χ1) is 6.31. The molecule has 2 rings (SSSR count). The second-order valence-corrected chi connectivity index (χ2v) is 4.00. The summed E-state index contributed by atoms with van der Waals surface area (Å²) in [7, 11) is 2.12. The lowest BCUT2D eigenvalue weighted by molar-refractivity contribution is -0.106. The van der Waals surface area contributed by atoms with Crippen LogP contribution in [0.4, 0.5) is 0 Å². The van der Waals surface area contributed by atoms with Gasteiger partial charge >= 0.3 is 0 Å². The molecule has 2 aliphatic heterocycles. The first kappa shape index (κ1) is 9.40.